The molecule has 6 heteroatoms. The van der Waals surface area contributed by atoms with Gasteiger partial charge in [-0.25, -0.2) is 9.88 Å². The molecule has 0 N–H and O–H groups in total. The minimum absolute atomic E-state index is 0.0468. The van der Waals surface area contributed by atoms with Crippen molar-refractivity contribution in [1.29, 1.82) is 0 Å². The molecular formula is C24H28N2O3S. The zero-order valence-corrected chi connectivity index (χ0v) is 18.4. The minimum Gasteiger partial charge on any atom is -0.294 e. The number of Topliss-reactive ketones (excluding diaryl/α,β-unsaturated/α-hetero) is 1. The van der Waals surface area contributed by atoms with Crippen molar-refractivity contribution in [2.75, 3.05) is 4.90 Å². The summed E-state index contributed by atoms with van der Waals surface area (Å²) in [7, 11) is 0. The molecule has 158 valence electrons. The Morgan fingerprint density at radius 1 is 1.07 bits per heavy atom. The summed E-state index contributed by atoms with van der Waals surface area (Å²) in [5.41, 5.74) is 2.06. The number of nitrogens with zero attached hydrogens (tertiary/aromatic N) is 2. The first kappa shape index (κ1) is 22.2. The van der Waals surface area contributed by atoms with E-state index in [2.05, 4.69) is 13.8 Å². The molecule has 2 amide bonds. The Morgan fingerprint density at radius 3 is 2.50 bits per heavy atom. The van der Waals surface area contributed by atoms with Gasteiger partial charge in [0.2, 0.25) is 11.8 Å². The molecule has 1 atom stereocenters. The quantitative estimate of drug-likeness (QED) is 0.386. The molecule has 1 fully saturated rings. The van der Waals surface area contributed by atoms with Crippen LogP contribution in [0.25, 0.3) is 0 Å². The van der Waals surface area contributed by atoms with Crippen LogP contribution in [0.1, 0.15) is 68.4 Å². The van der Waals surface area contributed by atoms with Crippen LogP contribution in [0.4, 0.5) is 5.69 Å². The summed E-state index contributed by atoms with van der Waals surface area (Å²) in [6.45, 7) is 4.18. The van der Waals surface area contributed by atoms with Crippen LogP contribution >= 0.6 is 11.8 Å². The summed E-state index contributed by atoms with van der Waals surface area (Å²) >= 11 is 1.25. The maximum atomic E-state index is 13.0. The summed E-state index contributed by atoms with van der Waals surface area (Å²) in [6.07, 6.45) is 5.25. The van der Waals surface area contributed by atoms with E-state index in [1.54, 1.807) is 24.3 Å². The number of hydrogen-bond donors (Lipinski definition) is 0. The lowest BCUT2D eigenvalue weighted by atomic mass is 10.1. The lowest BCUT2D eigenvalue weighted by Crippen LogP contribution is -2.31. The molecular weight excluding hydrogens is 396 g/mol. The molecule has 0 saturated carbocycles. The first-order valence-corrected chi connectivity index (χ1v) is 11.5. The second-order valence-corrected chi connectivity index (χ2v) is 8.69. The maximum absolute atomic E-state index is 13.0. The summed E-state index contributed by atoms with van der Waals surface area (Å²) in [6, 6.07) is 12.7. The monoisotopic (exact) mass is 424 g/mol. The van der Waals surface area contributed by atoms with Crippen LogP contribution in [-0.2, 0) is 16.0 Å². The van der Waals surface area contributed by atoms with E-state index in [-0.39, 0.29) is 24.0 Å². The third-order valence-corrected chi connectivity index (χ3v) is 6.32. The van der Waals surface area contributed by atoms with Gasteiger partial charge in [0.15, 0.2) is 5.78 Å². The van der Waals surface area contributed by atoms with Crippen LogP contribution < -0.4 is 4.90 Å². The van der Waals surface area contributed by atoms with Gasteiger partial charge in [-0.3, -0.25) is 14.4 Å². The number of imide groups is 1. The molecule has 30 heavy (non-hydrogen) atoms. The highest BCUT2D eigenvalue weighted by Crippen LogP contribution is 2.35. The van der Waals surface area contributed by atoms with E-state index in [9.17, 15) is 14.4 Å². The summed E-state index contributed by atoms with van der Waals surface area (Å²) in [5, 5.41) is 0.00937. The number of aryl methyl sites for hydroxylation is 1. The molecule has 3 rings (SSSR count). The topological polar surface area (TPSA) is 67.3 Å². The normalized spacial score (nSPS) is 16.3. The van der Waals surface area contributed by atoms with Crippen LogP contribution in [0.2, 0.25) is 0 Å². The Morgan fingerprint density at radius 2 is 1.80 bits per heavy atom. The highest BCUT2D eigenvalue weighted by Gasteiger charge is 2.40. The van der Waals surface area contributed by atoms with Gasteiger partial charge in [0.05, 0.1) is 10.9 Å². The molecule has 0 spiro atoms. The molecule has 0 radical (unpaired) electrons. The first-order chi connectivity index (χ1) is 14.5. The van der Waals surface area contributed by atoms with Gasteiger partial charge >= 0.3 is 0 Å². The van der Waals surface area contributed by atoms with E-state index in [1.165, 1.54) is 16.7 Å². The predicted octanol–water partition coefficient (Wildman–Crippen LogP) is 5.22. The van der Waals surface area contributed by atoms with Crippen molar-refractivity contribution in [3.63, 3.8) is 0 Å². The number of carbonyl (C=O) groups excluding carboxylic acids is 3. The molecule has 0 unspecified atom stereocenters. The second kappa shape index (κ2) is 10.5. The number of rotatable bonds is 10. The Hall–Kier alpha value is -2.47. The molecule has 0 bridgehead atoms. The van der Waals surface area contributed by atoms with E-state index in [0.717, 1.165) is 37.8 Å². The number of amides is 2. The van der Waals surface area contributed by atoms with Gasteiger partial charge in [0, 0.05) is 24.1 Å². The van der Waals surface area contributed by atoms with Crippen molar-refractivity contribution in [2.45, 2.75) is 69.1 Å². The third kappa shape index (κ3) is 5.17. The lowest BCUT2D eigenvalue weighted by molar-refractivity contribution is -0.121. The van der Waals surface area contributed by atoms with Crippen LogP contribution in [0, 0.1) is 0 Å². The van der Waals surface area contributed by atoms with Gasteiger partial charge < -0.3 is 0 Å². The Bertz CT molecular complexity index is 914. The van der Waals surface area contributed by atoms with Gasteiger partial charge in [-0.1, -0.05) is 56.7 Å². The van der Waals surface area contributed by atoms with E-state index in [1.807, 2.05) is 18.2 Å². The molecule has 1 aliphatic rings. The Kier molecular flexibility index (Phi) is 7.80. The van der Waals surface area contributed by atoms with Crippen molar-refractivity contribution in [3.8, 4) is 0 Å². The van der Waals surface area contributed by atoms with E-state index >= 15 is 0 Å². The van der Waals surface area contributed by atoms with Crippen molar-refractivity contribution in [1.82, 2.24) is 4.98 Å². The largest absolute Gasteiger partial charge is 0.294 e. The van der Waals surface area contributed by atoms with E-state index in [0.29, 0.717) is 22.7 Å². The Balaban J connectivity index is 1.85. The number of carbonyl (C=O) groups is 3. The predicted molar refractivity (Wildman–Crippen MR) is 120 cm³/mol. The van der Waals surface area contributed by atoms with Gasteiger partial charge in [0.25, 0.3) is 0 Å². The Labute approximate surface area is 182 Å². The van der Waals surface area contributed by atoms with Crippen LogP contribution in [0.3, 0.4) is 0 Å². The van der Waals surface area contributed by atoms with Gasteiger partial charge in [-0.15, -0.1) is 0 Å². The van der Waals surface area contributed by atoms with Crippen molar-refractivity contribution >= 4 is 35.0 Å². The lowest BCUT2D eigenvalue weighted by Gasteiger charge is -2.15. The van der Waals surface area contributed by atoms with Gasteiger partial charge in [-0.2, -0.15) is 0 Å². The summed E-state index contributed by atoms with van der Waals surface area (Å²) < 4.78 is 0. The minimum atomic E-state index is -0.565. The molecule has 1 aliphatic heterocycles. The fourth-order valence-electron chi connectivity index (χ4n) is 3.43. The highest BCUT2D eigenvalue weighted by molar-refractivity contribution is 8.00. The number of para-hydroxylation sites is 1. The van der Waals surface area contributed by atoms with Crippen LogP contribution in [-0.4, -0.2) is 27.8 Å². The van der Waals surface area contributed by atoms with Crippen LogP contribution in [0.15, 0.2) is 47.5 Å². The number of benzene rings is 1. The smallest absolute Gasteiger partial charge is 0.247 e. The van der Waals surface area contributed by atoms with Crippen LogP contribution in [0.5, 0.6) is 0 Å². The number of unbranched alkanes of at least 4 members (excludes halogenated alkanes) is 2. The molecule has 1 aromatic carbocycles. The summed E-state index contributed by atoms with van der Waals surface area (Å²) in [5.74, 6) is -0.417. The number of pyridine rings is 1. The molecule has 2 heterocycles. The van der Waals surface area contributed by atoms with Crippen molar-refractivity contribution < 1.29 is 14.4 Å². The van der Waals surface area contributed by atoms with Crippen molar-refractivity contribution in [2.24, 2.45) is 0 Å². The fraction of sp³-hybridized carbons (Fsp3) is 0.417. The van der Waals surface area contributed by atoms with Crippen molar-refractivity contribution in [3.05, 3.63) is 53.7 Å². The van der Waals surface area contributed by atoms with E-state index < -0.39 is 5.25 Å². The molecule has 1 aromatic heterocycles. The van der Waals surface area contributed by atoms with E-state index in [4.69, 9.17) is 4.98 Å². The van der Waals surface area contributed by atoms with Gasteiger partial charge in [-0.05, 0) is 43.5 Å². The maximum Gasteiger partial charge on any atom is 0.247 e. The number of thioether (sulfide) groups is 1. The zero-order chi connectivity index (χ0) is 21.5. The average molecular weight is 425 g/mol. The summed E-state index contributed by atoms with van der Waals surface area (Å²) in [4.78, 5) is 44.3. The third-order valence-electron chi connectivity index (χ3n) is 5.14. The second-order valence-electron chi connectivity index (χ2n) is 7.50. The number of aromatic nitrogens is 1. The molecule has 1 saturated heterocycles. The fourth-order valence-corrected chi connectivity index (χ4v) is 4.61. The number of hydrogen-bond acceptors (Lipinski definition) is 5. The highest BCUT2D eigenvalue weighted by atomic mass is 32.2. The average Bonchev–Trinajstić information content (AvgIpc) is 3.04. The SMILES string of the molecule is CCCCC(=O)c1ccc(CCCC)nc1S[C@@H]1CC(=O)N(c2ccccc2)C1=O. The molecule has 5 nitrogen and oxygen atoms in total. The molecule has 2 aromatic rings. The zero-order valence-electron chi connectivity index (χ0n) is 17.6. The standard InChI is InChI=1S/C24H28N2O3S/c1-3-5-10-17-14-15-19(20(27)13-6-4-2)23(25-17)30-21-16-22(28)26(24(21)29)18-11-8-7-9-12-18/h7-9,11-12,14-15,21H,3-6,10,13,16H2,1-2H3/t21-/m1/s1. The van der Waals surface area contributed by atoms with Gasteiger partial charge in [0.1, 0.15) is 5.03 Å². The molecule has 0 aliphatic carbocycles. The number of ketones is 1. The number of anilines is 1. The first-order valence-electron chi connectivity index (χ1n) is 10.7.